The van der Waals surface area contributed by atoms with Crippen molar-refractivity contribution >= 4 is 26.4 Å². The minimum Gasteiger partial charge on any atom is -0.507 e. The largest absolute Gasteiger partial charge is 0.507 e. The van der Waals surface area contributed by atoms with Crippen molar-refractivity contribution in [1.82, 2.24) is 0 Å². The lowest BCUT2D eigenvalue weighted by molar-refractivity contribution is 0.373. The van der Waals surface area contributed by atoms with Crippen LogP contribution in [0.1, 0.15) is 36.0 Å². The molecule has 7 heteroatoms. The summed E-state index contributed by atoms with van der Waals surface area (Å²) in [7, 11) is -3.61. The van der Waals surface area contributed by atoms with E-state index in [1.54, 1.807) is 12.1 Å². The summed E-state index contributed by atoms with van der Waals surface area (Å²) in [6.07, 6.45) is 8.23. The van der Waals surface area contributed by atoms with Gasteiger partial charge in [0.2, 0.25) is 0 Å². The van der Waals surface area contributed by atoms with E-state index in [9.17, 15) is 18.3 Å². The number of hydrogen-bond acceptors (Lipinski definition) is 6. The van der Waals surface area contributed by atoms with Crippen molar-refractivity contribution in [2.24, 2.45) is 11.3 Å². The fourth-order valence-corrected chi connectivity index (χ4v) is 6.79. The first-order valence-corrected chi connectivity index (χ1v) is 12.8. The van der Waals surface area contributed by atoms with Crippen LogP contribution in [-0.2, 0) is 9.84 Å². The van der Waals surface area contributed by atoms with Crippen LogP contribution >= 0.6 is 0 Å². The minimum atomic E-state index is -3.61. The van der Waals surface area contributed by atoms with Gasteiger partial charge in [0.25, 0.3) is 0 Å². The van der Waals surface area contributed by atoms with Crippen LogP contribution in [0.3, 0.4) is 0 Å². The molecule has 0 radical (unpaired) electrons. The lowest BCUT2D eigenvalue weighted by atomic mass is 9.74. The molecule has 1 fully saturated rings. The van der Waals surface area contributed by atoms with E-state index in [0.29, 0.717) is 23.0 Å². The van der Waals surface area contributed by atoms with Crippen LogP contribution in [0.2, 0.25) is 0 Å². The Kier molecular flexibility index (Phi) is 5.22. The molecule has 6 nitrogen and oxygen atoms in total. The van der Waals surface area contributed by atoms with Gasteiger partial charge in [-0.05, 0) is 73.6 Å². The molecule has 0 spiro atoms. The summed E-state index contributed by atoms with van der Waals surface area (Å²) in [6.45, 7) is 1.52. The average molecular weight is 474 g/mol. The van der Waals surface area contributed by atoms with Crippen LogP contribution in [0.4, 0.5) is 0 Å². The Hall–Kier alpha value is -3.63. The molecule has 0 bridgehead atoms. The number of allylic oxidation sites excluding steroid dienone is 4. The SMILES string of the molecule is Cc1c(O)c2c(C3=CC=CC(CS(=O)(=O)c4ccc(C#N)cc4)(C4CC4)C3)cccc2oc1=O. The topological polar surface area (TPSA) is 108 Å². The Bertz CT molecular complexity index is 1570. The number of rotatable bonds is 5. The molecule has 2 aromatic carbocycles. The zero-order valence-corrected chi connectivity index (χ0v) is 19.4. The molecule has 34 heavy (non-hydrogen) atoms. The molecule has 1 atom stereocenters. The van der Waals surface area contributed by atoms with Crippen molar-refractivity contribution in [3.05, 3.63) is 87.8 Å². The third kappa shape index (κ3) is 3.74. The van der Waals surface area contributed by atoms with E-state index in [2.05, 4.69) is 0 Å². The van der Waals surface area contributed by atoms with E-state index in [0.717, 1.165) is 24.0 Å². The predicted molar refractivity (Wildman–Crippen MR) is 129 cm³/mol. The van der Waals surface area contributed by atoms with Gasteiger partial charge in [0.1, 0.15) is 11.3 Å². The molecular weight excluding hydrogens is 450 g/mol. The minimum absolute atomic E-state index is 0.0464. The van der Waals surface area contributed by atoms with Crippen molar-refractivity contribution in [2.75, 3.05) is 5.75 Å². The average Bonchev–Trinajstić information content (AvgIpc) is 3.68. The van der Waals surface area contributed by atoms with E-state index in [4.69, 9.17) is 9.68 Å². The van der Waals surface area contributed by atoms with E-state index in [-0.39, 0.29) is 27.9 Å². The highest BCUT2D eigenvalue weighted by atomic mass is 32.2. The van der Waals surface area contributed by atoms with Gasteiger partial charge in [-0.15, -0.1) is 0 Å². The van der Waals surface area contributed by atoms with E-state index in [1.165, 1.54) is 31.2 Å². The zero-order chi connectivity index (χ0) is 24.1. The van der Waals surface area contributed by atoms with Crippen molar-refractivity contribution in [2.45, 2.75) is 31.1 Å². The molecule has 2 aliphatic carbocycles. The van der Waals surface area contributed by atoms with Crippen LogP contribution in [0.25, 0.3) is 16.5 Å². The molecular formula is C27H23NO5S. The molecule has 1 aromatic heterocycles. The molecule has 3 aromatic rings. The highest BCUT2D eigenvalue weighted by Crippen LogP contribution is 2.54. The molecule has 0 saturated heterocycles. The van der Waals surface area contributed by atoms with E-state index < -0.39 is 20.9 Å². The maximum absolute atomic E-state index is 13.4. The number of nitrogens with zero attached hydrogens (tertiary/aromatic N) is 1. The summed E-state index contributed by atoms with van der Waals surface area (Å²) >= 11 is 0. The van der Waals surface area contributed by atoms with Gasteiger partial charge in [-0.25, -0.2) is 13.2 Å². The molecule has 1 unspecified atom stereocenters. The van der Waals surface area contributed by atoms with Crippen LogP contribution in [-0.4, -0.2) is 19.3 Å². The molecule has 0 aliphatic heterocycles. The maximum atomic E-state index is 13.4. The molecule has 172 valence electrons. The smallest absolute Gasteiger partial charge is 0.342 e. The second kappa shape index (κ2) is 8.00. The van der Waals surface area contributed by atoms with Gasteiger partial charge in [0, 0.05) is 5.41 Å². The van der Waals surface area contributed by atoms with Crippen LogP contribution in [0, 0.1) is 29.6 Å². The number of fused-ring (bicyclic) bond motifs is 1. The lowest BCUT2D eigenvalue weighted by Gasteiger charge is -2.34. The molecule has 1 saturated carbocycles. The van der Waals surface area contributed by atoms with Gasteiger partial charge in [-0.2, -0.15) is 5.26 Å². The number of aromatic hydroxyl groups is 1. The van der Waals surface area contributed by atoms with Crippen LogP contribution in [0.15, 0.2) is 74.8 Å². The van der Waals surface area contributed by atoms with Crippen molar-refractivity contribution in [3.63, 3.8) is 0 Å². The summed E-state index contributed by atoms with van der Waals surface area (Å²) in [5, 5.41) is 20.2. The Morgan fingerprint density at radius 2 is 1.91 bits per heavy atom. The van der Waals surface area contributed by atoms with Gasteiger partial charge in [0.05, 0.1) is 33.2 Å². The van der Waals surface area contributed by atoms with Gasteiger partial charge in [0.15, 0.2) is 9.84 Å². The number of nitriles is 1. The molecule has 1 N–H and O–H groups in total. The maximum Gasteiger partial charge on any atom is 0.342 e. The van der Waals surface area contributed by atoms with Crippen LogP contribution in [0.5, 0.6) is 5.75 Å². The Morgan fingerprint density at radius 1 is 1.18 bits per heavy atom. The van der Waals surface area contributed by atoms with Crippen molar-refractivity contribution in [3.8, 4) is 11.8 Å². The fourth-order valence-electron chi connectivity index (χ4n) is 4.93. The second-order valence-corrected chi connectivity index (χ2v) is 11.2. The van der Waals surface area contributed by atoms with E-state index >= 15 is 0 Å². The Labute approximate surface area is 197 Å². The first-order valence-electron chi connectivity index (χ1n) is 11.1. The Balaban J connectivity index is 1.55. The monoisotopic (exact) mass is 473 g/mol. The molecule has 2 aliphatic rings. The van der Waals surface area contributed by atoms with Crippen LogP contribution < -0.4 is 5.63 Å². The third-order valence-electron chi connectivity index (χ3n) is 6.91. The van der Waals surface area contributed by atoms with Gasteiger partial charge < -0.3 is 9.52 Å². The van der Waals surface area contributed by atoms with E-state index in [1.807, 2.05) is 30.4 Å². The lowest BCUT2D eigenvalue weighted by Crippen LogP contribution is -2.32. The fraction of sp³-hybridized carbons (Fsp3) is 0.259. The standard InChI is InChI=1S/C27H23NO5S/c1-17-25(29)24-22(5-2-6-23(24)33-26(17)30)19-4-3-13-27(14-19,20-9-10-20)16-34(31,32)21-11-7-18(15-28)8-12-21/h2-8,11-13,20,29H,9-10,14,16H2,1H3. The second-order valence-electron chi connectivity index (χ2n) is 9.17. The van der Waals surface area contributed by atoms with Crippen molar-refractivity contribution < 1.29 is 17.9 Å². The number of hydrogen-bond donors (Lipinski definition) is 1. The summed E-state index contributed by atoms with van der Waals surface area (Å²) in [6, 6.07) is 13.3. The molecule has 0 amide bonds. The van der Waals surface area contributed by atoms with Gasteiger partial charge >= 0.3 is 5.63 Å². The quantitative estimate of drug-likeness (QED) is 0.529. The van der Waals surface area contributed by atoms with Gasteiger partial charge in [-0.3, -0.25) is 0 Å². The third-order valence-corrected chi connectivity index (χ3v) is 8.82. The summed E-state index contributed by atoms with van der Waals surface area (Å²) in [4.78, 5) is 12.2. The molecule has 1 heterocycles. The summed E-state index contributed by atoms with van der Waals surface area (Å²) < 4.78 is 32.2. The Morgan fingerprint density at radius 3 is 2.59 bits per heavy atom. The zero-order valence-electron chi connectivity index (χ0n) is 18.6. The number of sulfone groups is 1. The predicted octanol–water partition coefficient (Wildman–Crippen LogP) is 4.89. The summed E-state index contributed by atoms with van der Waals surface area (Å²) in [5.41, 5.74) is 1.30. The summed E-state index contributed by atoms with van der Waals surface area (Å²) in [5.74, 6) is 0.0818. The van der Waals surface area contributed by atoms with Gasteiger partial charge in [-0.1, -0.05) is 30.4 Å². The number of benzene rings is 2. The van der Waals surface area contributed by atoms with Crippen molar-refractivity contribution in [1.29, 1.82) is 5.26 Å². The first-order chi connectivity index (χ1) is 16.2. The normalized spacial score (nSPS) is 20.2. The molecule has 5 rings (SSSR count). The first kappa shape index (κ1) is 22.2. The highest BCUT2D eigenvalue weighted by molar-refractivity contribution is 7.91. The highest BCUT2D eigenvalue weighted by Gasteiger charge is 2.47.